The molecule has 1 atom stereocenters. The molecule has 0 aliphatic rings. The molecule has 0 fully saturated rings. The molecule has 0 radical (unpaired) electrons. The van der Waals surface area contributed by atoms with Gasteiger partial charge in [-0.15, -0.1) is 6.58 Å². The highest BCUT2D eigenvalue weighted by molar-refractivity contribution is 5.93. The van der Waals surface area contributed by atoms with E-state index in [9.17, 15) is 24.9 Å². The lowest BCUT2D eigenvalue weighted by atomic mass is 9.77. The minimum absolute atomic E-state index is 0.221. The van der Waals surface area contributed by atoms with Crippen LogP contribution in [0.2, 0.25) is 0 Å². The Bertz CT molecular complexity index is 655. The van der Waals surface area contributed by atoms with Gasteiger partial charge in [0.2, 0.25) is 0 Å². The maximum atomic E-state index is 11.4. The molecule has 0 saturated heterocycles. The van der Waals surface area contributed by atoms with Gasteiger partial charge >= 0.3 is 11.9 Å². The summed E-state index contributed by atoms with van der Waals surface area (Å²) >= 11 is 0. The molecule has 0 aromatic heterocycles. The number of hydrogen-bond donors (Lipinski definition) is 3. The Hall–Kier alpha value is -2.30. The number of benzene rings is 1. The fourth-order valence-electron chi connectivity index (χ4n) is 3.04. The average molecular weight is 362 g/mol. The van der Waals surface area contributed by atoms with Crippen LogP contribution in [-0.4, -0.2) is 27.3 Å². The maximum Gasteiger partial charge on any atom is 0.318 e. The third-order valence-corrected chi connectivity index (χ3v) is 4.52. The Morgan fingerprint density at radius 3 is 1.65 bits per heavy atom. The van der Waals surface area contributed by atoms with Crippen molar-refractivity contribution in [2.75, 3.05) is 0 Å². The van der Waals surface area contributed by atoms with Crippen LogP contribution < -0.4 is 0 Å². The van der Waals surface area contributed by atoms with Crippen molar-refractivity contribution < 1.29 is 24.9 Å². The number of aromatic hydroxyl groups is 1. The molecule has 1 aromatic carbocycles. The highest BCUT2D eigenvalue weighted by atomic mass is 16.4. The average Bonchev–Trinajstić information content (AvgIpc) is 2.44. The van der Waals surface area contributed by atoms with Gasteiger partial charge in [0.05, 0.1) is 0 Å². The second-order valence-corrected chi connectivity index (χ2v) is 8.80. The standard InChI is InChI=1S/C21H30O5/c1-8-13(16(18(23)24)19(25)26)9-12-10-14(20(2,3)4)17(22)15(11-12)21(5,6)7/h8,10-11,13,16,22H,1,9H2,2-7H3,(H,23,24)(H,25,26). The third kappa shape index (κ3) is 4.87. The summed E-state index contributed by atoms with van der Waals surface area (Å²) in [6, 6.07) is 3.67. The van der Waals surface area contributed by atoms with E-state index in [1.165, 1.54) is 6.08 Å². The van der Waals surface area contributed by atoms with E-state index in [0.717, 1.165) is 16.7 Å². The van der Waals surface area contributed by atoms with Crippen LogP contribution >= 0.6 is 0 Å². The van der Waals surface area contributed by atoms with Crippen molar-refractivity contribution in [1.82, 2.24) is 0 Å². The molecule has 0 aliphatic carbocycles. The monoisotopic (exact) mass is 362 g/mol. The van der Waals surface area contributed by atoms with E-state index in [0.29, 0.717) is 0 Å². The zero-order valence-corrected chi connectivity index (χ0v) is 16.5. The van der Waals surface area contributed by atoms with Gasteiger partial charge in [0.15, 0.2) is 5.92 Å². The molecule has 0 heterocycles. The van der Waals surface area contributed by atoms with E-state index in [4.69, 9.17) is 0 Å². The second-order valence-electron chi connectivity index (χ2n) is 8.80. The van der Waals surface area contributed by atoms with E-state index in [2.05, 4.69) is 6.58 Å². The van der Waals surface area contributed by atoms with E-state index in [-0.39, 0.29) is 23.0 Å². The number of phenols is 1. The number of phenolic OH excluding ortho intramolecular Hbond substituents is 1. The first kappa shape index (κ1) is 21.7. The van der Waals surface area contributed by atoms with Crippen LogP contribution in [0.1, 0.15) is 58.2 Å². The largest absolute Gasteiger partial charge is 0.507 e. The minimum Gasteiger partial charge on any atom is -0.507 e. The number of carboxylic acid groups (broad SMARTS) is 2. The van der Waals surface area contributed by atoms with Crippen molar-refractivity contribution in [2.45, 2.75) is 58.8 Å². The topological polar surface area (TPSA) is 94.8 Å². The lowest BCUT2D eigenvalue weighted by Crippen LogP contribution is -2.31. The summed E-state index contributed by atoms with van der Waals surface area (Å²) in [4.78, 5) is 22.7. The van der Waals surface area contributed by atoms with Gasteiger partial charge < -0.3 is 15.3 Å². The highest BCUT2D eigenvalue weighted by Gasteiger charge is 2.34. The first-order valence-electron chi connectivity index (χ1n) is 8.65. The number of allylic oxidation sites excluding steroid dienone is 1. The van der Waals surface area contributed by atoms with Crippen molar-refractivity contribution >= 4 is 11.9 Å². The fourth-order valence-corrected chi connectivity index (χ4v) is 3.04. The van der Waals surface area contributed by atoms with Crippen molar-refractivity contribution in [2.24, 2.45) is 11.8 Å². The molecular weight excluding hydrogens is 332 g/mol. The molecule has 0 bridgehead atoms. The van der Waals surface area contributed by atoms with Gasteiger partial charge in [-0.1, -0.05) is 59.8 Å². The molecule has 0 saturated carbocycles. The van der Waals surface area contributed by atoms with Gasteiger partial charge in [0, 0.05) is 5.92 Å². The van der Waals surface area contributed by atoms with E-state index < -0.39 is 23.8 Å². The summed E-state index contributed by atoms with van der Waals surface area (Å²) in [5.41, 5.74) is 1.66. The molecule has 0 spiro atoms. The van der Waals surface area contributed by atoms with Gasteiger partial charge in [-0.05, 0) is 33.9 Å². The normalized spacial score (nSPS) is 13.5. The second kappa shape index (κ2) is 7.52. The predicted molar refractivity (Wildman–Crippen MR) is 102 cm³/mol. The van der Waals surface area contributed by atoms with Crippen molar-refractivity contribution in [1.29, 1.82) is 0 Å². The minimum atomic E-state index is -1.56. The van der Waals surface area contributed by atoms with Crippen LogP contribution in [0.5, 0.6) is 5.75 Å². The molecule has 1 rings (SSSR count). The maximum absolute atomic E-state index is 11.4. The van der Waals surface area contributed by atoms with Gasteiger partial charge in [0.25, 0.3) is 0 Å². The van der Waals surface area contributed by atoms with Crippen molar-refractivity contribution in [3.63, 3.8) is 0 Å². The number of aliphatic carboxylic acids is 2. The Morgan fingerprint density at radius 2 is 1.38 bits per heavy atom. The summed E-state index contributed by atoms with van der Waals surface area (Å²) < 4.78 is 0. The van der Waals surface area contributed by atoms with E-state index in [1.807, 2.05) is 53.7 Å². The van der Waals surface area contributed by atoms with Crippen molar-refractivity contribution in [3.8, 4) is 5.75 Å². The lowest BCUT2D eigenvalue weighted by molar-refractivity contribution is -0.156. The third-order valence-electron chi connectivity index (χ3n) is 4.52. The SMILES string of the molecule is C=CC(Cc1cc(C(C)(C)C)c(O)c(C(C)(C)C)c1)C(C(=O)O)C(=O)O. The van der Waals surface area contributed by atoms with Crippen molar-refractivity contribution in [3.05, 3.63) is 41.5 Å². The molecule has 5 heteroatoms. The predicted octanol–water partition coefficient (Wildman–Crippen LogP) is 4.12. The Balaban J connectivity index is 3.50. The smallest absolute Gasteiger partial charge is 0.318 e. The highest BCUT2D eigenvalue weighted by Crippen LogP contribution is 2.40. The van der Waals surface area contributed by atoms with Crippen LogP contribution in [0.3, 0.4) is 0 Å². The molecule has 1 aromatic rings. The quantitative estimate of drug-likeness (QED) is 0.523. The van der Waals surface area contributed by atoms with Gasteiger partial charge in [-0.3, -0.25) is 9.59 Å². The van der Waals surface area contributed by atoms with E-state index in [1.54, 1.807) is 0 Å². The first-order valence-corrected chi connectivity index (χ1v) is 8.65. The summed E-state index contributed by atoms with van der Waals surface area (Å²) in [5, 5.41) is 29.3. The molecular formula is C21H30O5. The molecule has 3 N–H and O–H groups in total. The Labute approximate surface area is 155 Å². The first-order chi connectivity index (χ1) is 11.7. The van der Waals surface area contributed by atoms with Crippen LogP contribution in [0.4, 0.5) is 0 Å². The summed E-state index contributed by atoms with van der Waals surface area (Å²) in [7, 11) is 0. The molecule has 26 heavy (non-hydrogen) atoms. The number of hydrogen-bond acceptors (Lipinski definition) is 3. The van der Waals surface area contributed by atoms with Crippen LogP contribution in [-0.2, 0) is 26.8 Å². The van der Waals surface area contributed by atoms with Gasteiger partial charge in [-0.2, -0.15) is 0 Å². The van der Waals surface area contributed by atoms with Crippen LogP contribution in [0, 0.1) is 11.8 Å². The number of carboxylic acids is 2. The summed E-state index contributed by atoms with van der Waals surface area (Å²) in [6.07, 6.45) is 1.60. The van der Waals surface area contributed by atoms with Crippen LogP contribution in [0.25, 0.3) is 0 Å². The van der Waals surface area contributed by atoms with E-state index >= 15 is 0 Å². The molecule has 0 amide bonds. The lowest BCUT2D eigenvalue weighted by Gasteiger charge is -2.29. The fraction of sp³-hybridized carbons (Fsp3) is 0.524. The zero-order valence-electron chi connectivity index (χ0n) is 16.5. The number of carbonyl (C=O) groups is 2. The molecule has 0 aliphatic heterocycles. The number of rotatable bonds is 6. The van der Waals surface area contributed by atoms with Crippen LogP contribution in [0.15, 0.2) is 24.8 Å². The molecule has 144 valence electrons. The summed E-state index contributed by atoms with van der Waals surface area (Å²) in [6.45, 7) is 15.5. The van der Waals surface area contributed by atoms with Gasteiger partial charge in [0.1, 0.15) is 5.75 Å². The van der Waals surface area contributed by atoms with Gasteiger partial charge in [-0.25, -0.2) is 0 Å². The molecule has 1 unspecified atom stereocenters. The Kier molecular flexibility index (Phi) is 6.29. The zero-order chi connectivity index (χ0) is 20.4. The Morgan fingerprint density at radius 1 is 1.00 bits per heavy atom. The summed E-state index contributed by atoms with van der Waals surface area (Å²) in [5.74, 6) is -4.84. The molecule has 5 nitrogen and oxygen atoms in total.